The monoisotopic (exact) mass is 290 g/mol. The highest BCUT2D eigenvalue weighted by Gasteiger charge is 2.34. The van der Waals surface area contributed by atoms with E-state index in [0.717, 1.165) is 49.3 Å². The molecule has 3 rings (SSSR count). The number of nitrogens with zero attached hydrogens (tertiary/aromatic N) is 1. The first-order valence-corrected chi connectivity index (χ1v) is 7.52. The number of urea groups is 1. The van der Waals surface area contributed by atoms with Crippen molar-refractivity contribution in [2.45, 2.75) is 37.8 Å². The summed E-state index contributed by atoms with van der Waals surface area (Å²) in [6.07, 6.45) is 4.21. The first kappa shape index (κ1) is 14.0. The van der Waals surface area contributed by atoms with Gasteiger partial charge < -0.3 is 19.7 Å². The van der Waals surface area contributed by atoms with Crippen LogP contribution in [0.4, 0.5) is 4.79 Å². The first-order chi connectivity index (χ1) is 10.2. The number of amides is 2. The van der Waals surface area contributed by atoms with Crippen molar-refractivity contribution in [3.05, 3.63) is 23.8 Å². The molecule has 2 amide bonds. The average molecular weight is 290 g/mol. The van der Waals surface area contributed by atoms with E-state index < -0.39 is 0 Å². The lowest BCUT2D eigenvalue weighted by atomic mass is 10.0. The SMILES string of the molecule is COc1ccc(C2CCCN2C(=O)NC2CC2)c(OC)c1. The Morgan fingerprint density at radius 2 is 2.05 bits per heavy atom. The third-order valence-corrected chi connectivity index (χ3v) is 4.22. The molecule has 1 saturated carbocycles. The zero-order valence-corrected chi connectivity index (χ0v) is 12.6. The fraction of sp³-hybridized carbons (Fsp3) is 0.562. The number of rotatable bonds is 4. The molecular weight excluding hydrogens is 268 g/mol. The lowest BCUT2D eigenvalue weighted by Gasteiger charge is -2.26. The van der Waals surface area contributed by atoms with E-state index in [0.29, 0.717) is 6.04 Å². The Bertz CT molecular complexity index is 528. The normalized spacial score (nSPS) is 21.2. The van der Waals surface area contributed by atoms with E-state index in [1.54, 1.807) is 14.2 Å². The maximum Gasteiger partial charge on any atom is 0.318 e. The van der Waals surface area contributed by atoms with Crippen LogP contribution in [0.3, 0.4) is 0 Å². The van der Waals surface area contributed by atoms with Crippen LogP contribution >= 0.6 is 0 Å². The van der Waals surface area contributed by atoms with Crippen LogP contribution in [0.15, 0.2) is 18.2 Å². The molecule has 0 radical (unpaired) electrons. The molecule has 5 heteroatoms. The van der Waals surface area contributed by atoms with Crippen LogP contribution in [0.2, 0.25) is 0 Å². The highest BCUT2D eigenvalue weighted by molar-refractivity contribution is 5.76. The van der Waals surface area contributed by atoms with Crippen LogP contribution in [-0.2, 0) is 0 Å². The number of hydrogen-bond donors (Lipinski definition) is 1. The molecule has 2 fully saturated rings. The molecule has 5 nitrogen and oxygen atoms in total. The van der Waals surface area contributed by atoms with Crippen LogP contribution in [0.25, 0.3) is 0 Å². The van der Waals surface area contributed by atoms with Crippen LogP contribution < -0.4 is 14.8 Å². The van der Waals surface area contributed by atoms with Crippen LogP contribution in [0.5, 0.6) is 11.5 Å². The van der Waals surface area contributed by atoms with Crippen molar-refractivity contribution in [1.29, 1.82) is 0 Å². The number of carbonyl (C=O) groups excluding carboxylic acids is 1. The van der Waals surface area contributed by atoms with E-state index in [2.05, 4.69) is 5.32 Å². The van der Waals surface area contributed by atoms with Crippen molar-refractivity contribution in [2.75, 3.05) is 20.8 Å². The minimum atomic E-state index is 0.0536. The number of carbonyl (C=O) groups is 1. The predicted octanol–water partition coefficient (Wildman–Crippen LogP) is 2.71. The summed E-state index contributed by atoms with van der Waals surface area (Å²) in [7, 11) is 3.29. The Hall–Kier alpha value is -1.91. The van der Waals surface area contributed by atoms with Gasteiger partial charge in [-0.05, 0) is 37.8 Å². The van der Waals surface area contributed by atoms with Gasteiger partial charge in [0, 0.05) is 24.2 Å². The van der Waals surface area contributed by atoms with Crippen molar-refractivity contribution in [3.8, 4) is 11.5 Å². The maximum absolute atomic E-state index is 12.4. The van der Waals surface area contributed by atoms with E-state index >= 15 is 0 Å². The van der Waals surface area contributed by atoms with Gasteiger partial charge in [0.2, 0.25) is 0 Å². The van der Waals surface area contributed by atoms with E-state index in [-0.39, 0.29) is 12.1 Å². The maximum atomic E-state index is 12.4. The highest BCUT2D eigenvalue weighted by Crippen LogP contribution is 2.38. The number of nitrogens with one attached hydrogen (secondary N) is 1. The second kappa shape index (κ2) is 5.84. The van der Waals surface area contributed by atoms with Gasteiger partial charge in [0.05, 0.1) is 20.3 Å². The van der Waals surface area contributed by atoms with Gasteiger partial charge in [-0.3, -0.25) is 0 Å². The van der Waals surface area contributed by atoms with Gasteiger partial charge in [-0.1, -0.05) is 0 Å². The molecule has 114 valence electrons. The molecular formula is C16H22N2O3. The topological polar surface area (TPSA) is 50.8 Å². The second-order valence-corrected chi connectivity index (χ2v) is 5.68. The molecule has 21 heavy (non-hydrogen) atoms. The number of methoxy groups -OCH3 is 2. The highest BCUT2D eigenvalue weighted by atomic mass is 16.5. The van der Waals surface area contributed by atoms with Crippen molar-refractivity contribution < 1.29 is 14.3 Å². The van der Waals surface area contributed by atoms with E-state index in [4.69, 9.17) is 9.47 Å². The number of likely N-dealkylation sites (tertiary alicyclic amines) is 1. The summed E-state index contributed by atoms with van der Waals surface area (Å²) < 4.78 is 10.7. The molecule has 1 saturated heterocycles. The molecule has 1 aromatic rings. The van der Waals surface area contributed by atoms with Crippen molar-refractivity contribution >= 4 is 6.03 Å². The summed E-state index contributed by atoms with van der Waals surface area (Å²) in [5.74, 6) is 1.55. The van der Waals surface area contributed by atoms with E-state index in [1.807, 2.05) is 23.1 Å². The molecule has 1 heterocycles. The summed E-state index contributed by atoms with van der Waals surface area (Å²) in [6, 6.07) is 6.34. The fourth-order valence-corrected chi connectivity index (χ4v) is 2.91. The summed E-state index contributed by atoms with van der Waals surface area (Å²) in [5, 5.41) is 3.08. The van der Waals surface area contributed by atoms with Gasteiger partial charge in [-0.15, -0.1) is 0 Å². The Kier molecular flexibility index (Phi) is 3.90. The second-order valence-electron chi connectivity index (χ2n) is 5.68. The quantitative estimate of drug-likeness (QED) is 0.927. The number of hydrogen-bond acceptors (Lipinski definition) is 3. The zero-order chi connectivity index (χ0) is 14.8. The smallest absolute Gasteiger partial charge is 0.318 e. The molecule has 1 unspecified atom stereocenters. The van der Waals surface area contributed by atoms with Crippen LogP contribution in [0, 0.1) is 0 Å². The molecule has 1 atom stereocenters. The molecule has 1 aliphatic carbocycles. The van der Waals surface area contributed by atoms with Crippen molar-refractivity contribution in [2.24, 2.45) is 0 Å². The minimum absolute atomic E-state index is 0.0536. The average Bonchev–Trinajstić information content (AvgIpc) is 3.18. The Labute approximate surface area is 125 Å². The Balaban J connectivity index is 1.82. The van der Waals surface area contributed by atoms with Gasteiger partial charge in [-0.25, -0.2) is 4.79 Å². The number of benzene rings is 1. The van der Waals surface area contributed by atoms with Gasteiger partial charge in [-0.2, -0.15) is 0 Å². The molecule has 1 aromatic carbocycles. The van der Waals surface area contributed by atoms with Gasteiger partial charge in [0.1, 0.15) is 11.5 Å². The molecule has 0 spiro atoms. The largest absolute Gasteiger partial charge is 0.497 e. The third-order valence-electron chi connectivity index (χ3n) is 4.22. The molecule has 1 aliphatic heterocycles. The fourth-order valence-electron chi connectivity index (χ4n) is 2.91. The van der Waals surface area contributed by atoms with Gasteiger partial charge >= 0.3 is 6.03 Å². The van der Waals surface area contributed by atoms with Gasteiger partial charge in [0.25, 0.3) is 0 Å². The van der Waals surface area contributed by atoms with E-state index in [9.17, 15) is 4.79 Å². The predicted molar refractivity (Wildman–Crippen MR) is 79.8 cm³/mol. The van der Waals surface area contributed by atoms with Crippen molar-refractivity contribution in [1.82, 2.24) is 10.2 Å². The lowest BCUT2D eigenvalue weighted by Crippen LogP contribution is -2.40. The van der Waals surface area contributed by atoms with Crippen LogP contribution in [0.1, 0.15) is 37.3 Å². The standard InChI is InChI=1S/C16H22N2O3/c1-20-12-7-8-13(15(10-12)21-2)14-4-3-9-18(14)16(19)17-11-5-6-11/h7-8,10-11,14H,3-6,9H2,1-2H3,(H,17,19). The summed E-state index contributed by atoms with van der Waals surface area (Å²) in [6.45, 7) is 0.804. The van der Waals surface area contributed by atoms with Crippen molar-refractivity contribution in [3.63, 3.8) is 0 Å². The lowest BCUT2D eigenvalue weighted by molar-refractivity contribution is 0.191. The minimum Gasteiger partial charge on any atom is -0.497 e. The molecule has 0 aromatic heterocycles. The van der Waals surface area contributed by atoms with Crippen LogP contribution in [-0.4, -0.2) is 37.7 Å². The Morgan fingerprint density at radius 3 is 2.71 bits per heavy atom. The Morgan fingerprint density at radius 1 is 1.24 bits per heavy atom. The molecule has 0 bridgehead atoms. The summed E-state index contributed by atoms with van der Waals surface area (Å²) >= 11 is 0. The molecule has 1 N–H and O–H groups in total. The third kappa shape index (κ3) is 2.91. The first-order valence-electron chi connectivity index (χ1n) is 7.52. The molecule has 2 aliphatic rings. The summed E-state index contributed by atoms with van der Waals surface area (Å²) in [4.78, 5) is 14.3. The summed E-state index contributed by atoms with van der Waals surface area (Å²) in [5.41, 5.74) is 1.06. The van der Waals surface area contributed by atoms with Gasteiger partial charge in [0.15, 0.2) is 0 Å². The number of ether oxygens (including phenoxy) is 2. The zero-order valence-electron chi connectivity index (χ0n) is 12.6. The van der Waals surface area contributed by atoms with E-state index in [1.165, 1.54) is 0 Å².